The van der Waals surface area contributed by atoms with Gasteiger partial charge in [0.25, 0.3) is 0 Å². The average Bonchev–Trinajstić information content (AvgIpc) is 3.04. The molecule has 3 rings (SSSR count). The van der Waals surface area contributed by atoms with Crippen LogP contribution in [0.4, 0.5) is 13.2 Å². The summed E-state index contributed by atoms with van der Waals surface area (Å²) in [5.41, 5.74) is -0.399. The second kappa shape index (κ2) is 7.32. The first-order valence-corrected chi connectivity index (χ1v) is 8.68. The number of benzene rings is 1. The van der Waals surface area contributed by atoms with E-state index in [1.807, 2.05) is 0 Å². The first kappa shape index (κ1) is 18.8. The van der Waals surface area contributed by atoms with Crippen molar-refractivity contribution in [2.24, 2.45) is 0 Å². The van der Waals surface area contributed by atoms with Crippen LogP contribution in [0.1, 0.15) is 32.2 Å². The normalized spacial score (nSPS) is 20.0. The van der Waals surface area contributed by atoms with E-state index in [0.717, 1.165) is 31.8 Å². The predicted octanol–water partition coefficient (Wildman–Crippen LogP) is 2.60. The number of nitrogens with zero attached hydrogens (tertiary/aromatic N) is 6. The Morgan fingerprint density at radius 1 is 1.23 bits per heavy atom. The number of hydrogen-bond donors (Lipinski definition) is 0. The molecule has 1 atom stereocenters. The lowest BCUT2D eigenvalue weighted by Gasteiger charge is -2.41. The molecule has 0 aliphatic carbocycles. The molecule has 0 radical (unpaired) electrons. The standard InChI is InChI=1S/C17H23F3N6/c1-12(2)24-7-8-25(13(3)10-24)11-16-21-22-23-26(16)15-6-4-5-14(9-15)17(18,19)20/h4-6,9,12-13H,7-8,10-11H2,1-3H3/t13-/m1/s1. The van der Waals surface area contributed by atoms with E-state index in [1.165, 1.54) is 10.7 Å². The Labute approximate surface area is 150 Å². The van der Waals surface area contributed by atoms with Gasteiger partial charge in [-0.05, 0) is 49.4 Å². The molecule has 0 bridgehead atoms. The molecule has 1 fully saturated rings. The third-order valence-electron chi connectivity index (χ3n) is 4.82. The molecule has 1 aliphatic heterocycles. The Bertz CT molecular complexity index is 742. The quantitative estimate of drug-likeness (QED) is 0.830. The molecule has 2 heterocycles. The lowest BCUT2D eigenvalue weighted by atomic mass is 10.1. The van der Waals surface area contributed by atoms with Gasteiger partial charge in [0.1, 0.15) is 0 Å². The second-order valence-electron chi connectivity index (χ2n) is 6.96. The summed E-state index contributed by atoms with van der Waals surface area (Å²) in [6, 6.07) is 5.87. The maximum Gasteiger partial charge on any atom is 0.416 e. The third kappa shape index (κ3) is 4.04. The first-order chi connectivity index (χ1) is 12.3. The van der Waals surface area contributed by atoms with E-state index in [1.54, 1.807) is 6.07 Å². The molecule has 6 nitrogen and oxygen atoms in total. The largest absolute Gasteiger partial charge is 0.416 e. The number of alkyl halides is 3. The van der Waals surface area contributed by atoms with E-state index in [9.17, 15) is 13.2 Å². The molecule has 1 aromatic heterocycles. The number of hydrogen-bond acceptors (Lipinski definition) is 5. The van der Waals surface area contributed by atoms with E-state index in [2.05, 4.69) is 46.1 Å². The van der Waals surface area contributed by atoms with Gasteiger partial charge in [-0.25, -0.2) is 0 Å². The van der Waals surface area contributed by atoms with E-state index in [0.29, 0.717) is 30.1 Å². The molecule has 0 spiro atoms. The fraction of sp³-hybridized carbons (Fsp3) is 0.588. The smallest absolute Gasteiger partial charge is 0.298 e. The maximum absolute atomic E-state index is 13.0. The fourth-order valence-corrected chi connectivity index (χ4v) is 3.23. The van der Waals surface area contributed by atoms with Crippen molar-refractivity contribution >= 4 is 0 Å². The highest BCUT2D eigenvalue weighted by molar-refractivity contribution is 5.36. The first-order valence-electron chi connectivity index (χ1n) is 8.68. The van der Waals surface area contributed by atoms with Crippen LogP contribution in [0, 0.1) is 0 Å². The van der Waals surface area contributed by atoms with Crippen molar-refractivity contribution in [2.45, 2.75) is 45.6 Å². The van der Waals surface area contributed by atoms with Crippen molar-refractivity contribution in [3.63, 3.8) is 0 Å². The zero-order valence-electron chi connectivity index (χ0n) is 15.1. The number of tetrazole rings is 1. The van der Waals surface area contributed by atoms with E-state index in [-0.39, 0.29) is 0 Å². The van der Waals surface area contributed by atoms with Gasteiger partial charge in [-0.3, -0.25) is 9.80 Å². The van der Waals surface area contributed by atoms with Gasteiger partial charge in [0.2, 0.25) is 0 Å². The Hall–Kier alpha value is -2.00. The molecule has 26 heavy (non-hydrogen) atoms. The number of halogens is 3. The van der Waals surface area contributed by atoms with Crippen LogP contribution >= 0.6 is 0 Å². The van der Waals surface area contributed by atoms with Gasteiger partial charge in [0.15, 0.2) is 5.82 Å². The highest BCUT2D eigenvalue weighted by Crippen LogP contribution is 2.30. The summed E-state index contributed by atoms with van der Waals surface area (Å²) in [5.74, 6) is 0.536. The van der Waals surface area contributed by atoms with Crippen LogP contribution in [0.25, 0.3) is 5.69 Å². The van der Waals surface area contributed by atoms with Crippen molar-refractivity contribution < 1.29 is 13.2 Å². The van der Waals surface area contributed by atoms with Crippen molar-refractivity contribution in [1.82, 2.24) is 30.0 Å². The average molecular weight is 368 g/mol. The lowest BCUT2D eigenvalue weighted by molar-refractivity contribution is -0.137. The zero-order valence-corrected chi connectivity index (χ0v) is 15.1. The minimum Gasteiger partial charge on any atom is -0.298 e. The Morgan fingerprint density at radius 3 is 2.65 bits per heavy atom. The van der Waals surface area contributed by atoms with Crippen molar-refractivity contribution in [3.8, 4) is 5.69 Å². The summed E-state index contributed by atoms with van der Waals surface area (Å²) in [5, 5.41) is 11.6. The van der Waals surface area contributed by atoms with Crippen LogP contribution in [-0.4, -0.2) is 61.7 Å². The fourth-order valence-electron chi connectivity index (χ4n) is 3.23. The van der Waals surface area contributed by atoms with Gasteiger partial charge < -0.3 is 0 Å². The van der Waals surface area contributed by atoms with Crippen LogP contribution in [-0.2, 0) is 12.7 Å². The molecule has 0 N–H and O–H groups in total. The van der Waals surface area contributed by atoms with Gasteiger partial charge in [-0.1, -0.05) is 6.07 Å². The van der Waals surface area contributed by atoms with Crippen LogP contribution < -0.4 is 0 Å². The Kier molecular flexibility index (Phi) is 5.29. The molecule has 9 heteroatoms. The summed E-state index contributed by atoms with van der Waals surface area (Å²) in [7, 11) is 0. The molecule has 0 unspecified atom stereocenters. The molecule has 0 saturated carbocycles. The Balaban J connectivity index is 1.78. The number of rotatable bonds is 4. The second-order valence-corrected chi connectivity index (χ2v) is 6.96. The monoisotopic (exact) mass is 368 g/mol. The van der Waals surface area contributed by atoms with Gasteiger partial charge >= 0.3 is 6.18 Å². The highest BCUT2D eigenvalue weighted by atomic mass is 19.4. The summed E-state index contributed by atoms with van der Waals surface area (Å²) in [6.45, 7) is 9.77. The lowest BCUT2D eigenvalue weighted by Crippen LogP contribution is -2.53. The van der Waals surface area contributed by atoms with Crippen molar-refractivity contribution in [3.05, 3.63) is 35.7 Å². The summed E-state index contributed by atoms with van der Waals surface area (Å²) < 4.78 is 40.3. The Morgan fingerprint density at radius 2 is 2.00 bits per heavy atom. The number of aromatic nitrogens is 4. The van der Waals surface area contributed by atoms with Crippen LogP contribution in [0.5, 0.6) is 0 Å². The molecule has 2 aromatic rings. The summed E-state index contributed by atoms with van der Waals surface area (Å²) in [6.07, 6.45) is -4.40. The van der Waals surface area contributed by atoms with Crippen molar-refractivity contribution in [2.75, 3.05) is 19.6 Å². The van der Waals surface area contributed by atoms with E-state index >= 15 is 0 Å². The summed E-state index contributed by atoms with van der Waals surface area (Å²) >= 11 is 0. The molecule has 142 valence electrons. The van der Waals surface area contributed by atoms with Crippen LogP contribution in [0.2, 0.25) is 0 Å². The van der Waals surface area contributed by atoms with Gasteiger partial charge in [-0.2, -0.15) is 17.9 Å². The predicted molar refractivity (Wildman–Crippen MR) is 90.7 cm³/mol. The molecule has 1 saturated heterocycles. The maximum atomic E-state index is 13.0. The minimum absolute atomic E-state index is 0.313. The SMILES string of the molecule is CC(C)N1CCN(Cc2nnnn2-c2cccc(C(F)(F)F)c2)[C@H](C)C1. The minimum atomic E-state index is -4.40. The zero-order chi connectivity index (χ0) is 18.9. The van der Waals surface area contributed by atoms with Gasteiger partial charge in [0.05, 0.1) is 17.8 Å². The molecule has 1 aliphatic rings. The van der Waals surface area contributed by atoms with Gasteiger partial charge in [-0.15, -0.1) is 5.10 Å². The molecular weight excluding hydrogens is 345 g/mol. The topological polar surface area (TPSA) is 50.1 Å². The van der Waals surface area contributed by atoms with Gasteiger partial charge in [0, 0.05) is 31.7 Å². The molecule has 0 amide bonds. The number of piperazine rings is 1. The molecular formula is C17H23F3N6. The highest BCUT2D eigenvalue weighted by Gasteiger charge is 2.31. The van der Waals surface area contributed by atoms with Crippen LogP contribution in [0.3, 0.4) is 0 Å². The van der Waals surface area contributed by atoms with E-state index < -0.39 is 11.7 Å². The molecule has 1 aromatic carbocycles. The summed E-state index contributed by atoms with van der Waals surface area (Å²) in [4.78, 5) is 4.67. The van der Waals surface area contributed by atoms with Crippen LogP contribution in [0.15, 0.2) is 24.3 Å². The van der Waals surface area contributed by atoms with Crippen molar-refractivity contribution in [1.29, 1.82) is 0 Å². The van der Waals surface area contributed by atoms with E-state index in [4.69, 9.17) is 0 Å². The third-order valence-corrected chi connectivity index (χ3v) is 4.82.